The van der Waals surface area contributed by atoms with Gasteiger partial charge in [-0.2, -0.15) is 0 Å². The van der Waals surface area contributed by atoms with E-state index in [0.29, 0.717) is 0 Å². The summed E-state index contributed by atoms with van der Waals surface area (Å²) in [5.74, 6) is 0.176. The highest BCUT2D eigenvalue weighted by Gasteiger charge is 2.16. The maximum absolute atomic E-state index is 12.0. The van der Waals surface area contributed by atoms with Crippen LogP contribution in [0.4, 0.5) is 4.39 Å². The van der Waals surface area contributed by atoms with Crippen molar-refractivity contribution < 1.29 is 9.50 Å². The van der Waals surface area contributed by atoms with Crippen molar-refractivity contribution >= 4 is 0 Å². The van der Waals surface area contributed by atoms with Crippen LogP contribution in [-0.2, 0) is 0 Å². The van der Waals surface area contributed by atoms with Gasteiger partial charge in [-0.1, -0.05) is 26.7 Å². The molecule has 0 amide bonds. The Bertz CT molecular complexity index is 79.6. The quantitative estimate of drug-likeness (QED) is 0.636. The Labute approximate surface area is 68.6 Å². The zero-order valence-electron chi connectivity index (χ0n) is 7.52. The van der Waals surface area contributed by atoms with Gasteiger partial charge in [0.05, 0.1) is 6.10 Å². The van der Waals surface area contributed by atoms with Gasteiger partial charge < -0.3 is 5.11 Å². The van der Waals surface area contributed by atoms with Gasteiger partial charge in [0.25, 0.3) is 0 Å². The molecule has 0 aliphatic heterocycles. The molecule has 0 spiro atoms. The summed E-state index contributed by atoms with van der Waals surface area (Å²) in [6.07, 6.45) is 3.22. The van der Waals surface area contributed by atoms with Crippen molar-refractivity contribution in [2.75, 3.05) is 6.67 Å². The van der Waals surface area contributed by atoms with Crippen LogP contribution in [0.25, 0.3) is 0 Å². The lowest BCUT2D eigenvalue weighted by Gasteiger charge is -2.18. The number of aliphatic hydroxyl groups is 1. The molecule has 0 aromatic carbocycles. The molecular weight excluding hydrogens is 143 g/mol. The van der Waals surface area contributed by atoms with Crippen LogP contribution in [0, 0.1) is 5.92 Å². The van der Waals surface area contributed by atoms with Gasteiger partial charge in [-0.05, 0) is 18.8 Å². The lowest BCUT2D eigenvalue weighted by Crippen LogP contribution is -2.22. The van der Waals surface area contributed by atoms with Crippen LogP contribution in [0.2, 0.25) is 0 Å². The molecule has 1 nitrogen and oxygen atoms in total. The van der Waals surface area contributed by atoms with Crippen LogP contribution < -0.4 is 0 Å². The highest BCUT2D eigenvalue weighted by molar-refractivity contribution is 4.66. The van der Waals surface area contributed by atoms with Crippen molar-refractivity contribution in [1.29, 1.82) is 0 Å². The first-order valence-corrected chi connectivity index (χ1v) is 4.50. The summed E-state index contributed by atoms with van der Waals surface area (Å²) in [5, 5.41) is 9.20. The molecule has 0 bridgehead atoms. The number of aliphatic hydroxyl groups excluding tert-OH is 1. The second-order valence-electron chi connectivity index (χ2n) is 3.06. The van der Waals surface area contributed by atoms with Crippen molar-refractivity contribution in [3.63, 3.8) is 0 Å². The van der Waals surface area contributed by atoms with E-state index in [2.05, 4.69) is 13.8 Å². The number of hydrogen-bond acceptors (Lipinski definition) is 1. The van der Waals surface area contributed by atoms with Crippen LogP contribution in [0.3, 0.4) is 0 Å². The fraction of sp³-hybridized carbons (Fsp3) is 1.00. The lowest BCUT2D eigenvalue weighted by molar-refractivity contribution is 0.0712. The number of hydrogen-bond donors (Lipinski definition) is 1. The average Bonchev–Trinajstić information content (AvgIpc) is 2.03. The van der Waals surface area contributed by atoms with E-state index in [4.69, 9.17) is 0 Å². The summed E-state index contributed by atoms with van der Waals surface area (Å²) in [6.45, 7) is 3.53. The predicted octanol–water partition coefficient (Wildman–Crippen LogP) is 2.53. The van der Waals surface area contributed by atoms with Gasteiger partial charge in [-0.25, -0.2) is 4.39 Å². The molecule has 68 valence electrons. The normalized spacial score (nSPS) is 13.9. The molecule has 11 heavy (non-hydrogen) atoms. The maximum Gasteiger partial charge on any atom is 0.116 e. The molecule has 0 aliphatic carbocycles. The summed E-state index contributed by atoms with van der Waals surface area (Å²) in [4.78, 5) is 0. The third-order valence-electron chi connectivity index (χ3n) is 2.02. The zero-order chi connectivity index (χ0) is 8.69. The van der Waals surface area contributed by atoms with Gasteiger partial charge in [0.1, 0.15) is 6.67 Å². The van der Waals surface area contributed by atoms with Gasteiger partial charge in [-0.3, -0.25) is 0 Å². The molecule has 1 atom stereocenters. The molecule has 0 fully saturated rings. The molecule has 0 radical (unpaired) electrons. The van der Waals surface area contributed by atoms with E-state index >= 15 is 0 Å². The Morgan fingerprint density at radius 1 is 1.18 bits per heavy atom. The van der Waals surface area contributed by atoms with E-state index in [1.807, 2.05) is 0 Å². The zero-order valence-corrected chi connectivity index (χ0v) is 7.52. The first kappa shape index (κ1) is 10.9. The van der Waals surface area contributed by atoms with Crippen molar-refractivity contribution in [2.45, 2.75) is 45.6 Å². The highest BCUT2D eigenvalue weighted by Crippen LogP contribution is 2.17. The van der Waals surface area contributed by atoms with Crippen LogP contribution in [0.15, 0.2) is 0 Å². The van der Waals surface area contributed by atoms with E-state index < -0.39 is 12.8 Å². The molecule has 0 rings (SSSR count). The average molecular weight is 162 g/mol. The van der Waals surface area contributed by atoms with Crippen LogP contribution >= 0.6 is 0 Å². The van der Waals surface area contributed by atoms with Crippen LogP contribution in [0.1, 0.15) is 39.5 Å². The Balaban J connectivity index is 3.66. The first-order chi connectivity index (χ1) is 5.26. The third-order valence-corrected chi connectivity index (χ3v) is 2.02. The number of alkyl halides is 1. The highest BCUT2D eigenvalue weighted by atomic mass is 19.1. The smallest absolute Gasteiger partial charge is 0.116 e. The van der Waals surface area contributed by atoms with Gasteiger partial charge in [0.2, 0.25) is 0 Å². The summed E-state index contributed by atoms with van der Waals surface area (Å²) in [5.41, 5.74) is 0. The Kier molecular flexibility index (Phi) is 6.52. The lowest BCUT2D eigenvalue weighted by atomic mass is 9.93. The van der Waals surface area contributed by atoms with Crippen molar-refractivity contribution in [3.05, 3.63) is 0 Å². The minimum Gasteiger partial charge on any atom is -0.390 e. The van der Waals surface area contributed by atoms with E-state index in [9.17, 15) is 9.50 Å². The summed E-state index contributed by atoms with van der Waals surface area (Å²) < 4.78 is 12.0. The van der Waals surface area contributed by atoms with E-state index in [-0.39, 0.29) is 5.92 Å². The largest absolute Gasteiger partial charge is 0.390 e. The summed E-state index contributed by atoms with van der Waals surface area (Å²) >= 11 is 0. The van der Waals surface area contributed by atoms with Crippen LogP contribution in [0.5, 0.6) is 0 Å². The van der Waals surface area contributed by atoms with E-state index in [1.54, 1.807) is 0 Å². The number of halogens is 1. The monoisotopic (exact) mass is 162 g/mol. The van der Waals surface area contributed by atoms with Crippen molar-refractivity contribution in [3.8, 4) is 0 Å². The Morgan fingerprint density at radius 3 is 1.91 bits per heavy atom. The maximum atomic E-state index is 12.0. The number of rotatable bonds is 6. The minimum absolute atomic E-state index is 0.176. The summed E-state index contributed by atoms with van der Waals surface area (Å²) in [7, 11) is 0. The predicted molar refractivity (Wildman–Crippen MR) is 45.3 cm³/mol. The molecule has 1 unspecified atom stereocenters. The van der Waals surface area contributed by atoms with Crippen molar-refractivity contribution in [2.24, 2.45) is 5.92 Å². The third kappa shape index (κ3) is 4.35. The molecule has 0 aliphatic rings. The minimum atomic E-state index is -0.727. The molecular formula is C9H19FO. The molecule has 0 saturated carbocycles. The fourth-order valence-electron chi connectivity index (χ4n) is 1.40. The molecule has 0 saturated heterocycles. The van der Waals surface area contributed by atoms with Gasteiger partial charge in [0, 0.05) is 0 Å². The van der Waals surface area contributed by atoms with Gasteiger partial charge >= 0.3 is 0 Å². The van der Waals surface area contributed by atoms with Crippen molar-refractivity contribution in [1.82, 2.24) is 0 Å². The van der Waals surface area contributed by atoms with E-state index in [1.165, 1.54) is 0 Å². The van der Waals surface area contributed by atoms with Gasteiger partial charge in [0.15, 0.2) is 0 Å². The second-order valence-corrected chi connectivity index (χ2v) is 3.06. The first-order valence-electron chi connectivity index (χ1n) is 4.50. The summed E-state index contributed by atoms with van der Waals surface area (Å²) in [6, 6.07) is 0. The Hall–Kier alpha value is -0.110. The van der Waals surface area contributed by atoms with Gasteiger partial charge in [-0.15, -0.1) is 0 Å². The fourth-order valence-corrected chi connectivity index (χ4v) is 1.40. The second kappa shape index (κ2) is 6.59. The molecule has 2 heteroatoms. The molecule has 0 aromatic heterocycles. The van der Waals surface area contributed by atoms with Crippen LogP contribution in [-0.4, -0.2) is 17.9 Å². The topological polar surface area (TPSA) is 20.2 Å². The molecule has 0 heterocycles. The Morgan fingerprint density at radius 2 is 1.64 bits per heavy atom. The molecule has 0 aromatic rings. The molecule has 1 N–H and O–H groups in total. The SMILES string of the molecule is CCCC(CCC)C(O)CF. The standard InChI is InChI=1S/C9H19FO/c1-3-5-8(6-4-2)9(11)7-10/h8-9,11H,3-7H2,1-2H3. The van der Waals surface area contributed by atoms with E-state index in [0.717, 1.165) is 25.7 Å².